The topological polar surface area (TPSA) is 79.5 Å². The van der Waals surface area contributed by atoms with E-state index in [1.807, 2.05) is 13.1 Å². The number of benzene rings is 4. The Morgan fingerprint density at radius 3 is 2.09 bits per heavy atom. The highest BCUT2D eigenvalue weighted by Crippen LogP contribution is 2.43. The number of hydrogen-bond donors (Lipinski definition) is 0. The number of rotatable bonds is 5. The molecule has 0 aliphatic carbocycles. The largest absolute Gasteiger partial charge is 0.744 e. The molecule has 6 aromatic rings. The highest BCUT2D eigenvalue weighted by Gasteiger charge is 2.47. The van der Waals surface area contributed by atoms with Crippen molar-refractivity contribution in [2.75, 3.05) is 11.9 Å². The summed E-state index contributed by atoms with van der Waals surface area (Å²) >= 11 is 0. The van der Waals surface area contributed by atoms with Gasteiger partial charge in [0, 0.05) is 22.1 Å². The van der Waals surface area contributed by atoms with E-state index >= 15 is 0 Å². The van der Waals surface area contributed by atoms with E-state index < -0.39 is 10.1 Å². The Hall–Kier alpha value is -4.98. The van der Waals surface area contributed by atoms with Gasteiger partial charge in [0.2, 0.25) is 0 Å². The van der Waals surface area contributed by atoms with E-state index in [2.05, 4.69) is 145 Å². The van der Waals surface area contributed by atoms with Crippen LogP contribution in [0.1, 0.15) is 30.5 Å². The lowest BCUT2D eigenvalue weighted by Gasteiger charge is -2.24. The molecule has 0 saturated heterocycles. The molecular weight excluding hydrogens is 591 g/mol. The molecule has 4 aromatic carbocycles. The summed E-state index contributed by atoms with van der Waals surface area (Å²) in [7, 11) is -2.08. The predicted molar refractivity (Wildman–Crippen MR) is 185 cm³/mol. The molecule has 3 heterocycles. The average Bonchev–Trinajstić information content (AvgIpc) is 3.49. The van der Waals surface area contributed by atoms with Crippen LogP contribution in [0.3, 0.4) is 0 Å². The molecule has 1 aliphatic rings. The number of anilines is 1. The van der Waals surface area contributed by atoms with Crippen LogP contribution in [-0.4, -0.2) is 30.6 Å². The SMILES string of the molecule is CN1c2[nH+]cccc2C(C)(C)C1/C=C/c1c(-c2ccccc2)n(-c2ccccc2)c2ccccc12.Cc1ccc(S(=O)(=O)[O-])cc1. The van der Waals surface area contributed by atoms with Gasteiger partial charge in [-0.2, -0.15) is 0 Å². The van der Waals surface area contributed by atoms with Crippen molar-refractivity contribution in [2.24, 2.45) is 0 Å². The summed E-state index contributed by atoms with van der Waals surface area (Å²) in [5.74, 6) is 1.20. The van der Waals surface area contributed by atoms with Crippen LogP contribution in [0.25, 0.3) is 33.9 Å². The summed E-state index contributed by atoms with van der Waals surface area (Å²) in [6, 6.07) is 40.5. The molecule has 0 fully saturated rings. The fraction of sp³-hybridized carbons (Fsp3) is 0.154. The van der Waals surface area contributed by atoms with E-state index in [0.717, 1.165) is 5.56 Å². The monoisotopic (exact) mass is 627 g/mol. The Labute approximate surface area is 271 Å². The quantitative estimate of drug-likeness (QED) is 0.183. The van der Waals surface area contributed by atoms with Gasteiger partial charge in [-0.1, -0.05) is 104 Å². The highest BCUT2D eigenvalue weighted by atomic mass is 32.2. The third-order valence-electron chi connectivity index (χ3n) is 8.77. The molecule has 0 saturated carbocycles. The average molecular weight is 628 g/mol. The molecule has 46 heavy (non-hydrogen) atoms. The van der Waals surface area contributed by atoms with Gasteiger partial charge >= 0.3 is 0 Å². The van der Waals surface area contributed by atoms with E-state index in [1.54, 1.807) is 12.1 Å². The lowest BCUT2D eigenvalue weighted by atomic mass is 9.80. The standard InChI is InChI=1S/C32H29N3.C7H8O3S/c1-32(2)27-18-12-22-33-31(27)34(3)29(32)21-20-26-25-17-10-11-19-28(25)35(24-15-8-5-9-16-24)30(26)23-13-6-4-7-14-23;1-6-2-4-7(5-3-6)11(8,9)10/h4-22,29H,1-3H3;2-5H,1H3,(H,8,9,10)/b21-20+;. The highest BCUT2D eigenvalue weighted by molar-refractivity contribution is 7.85. The van der Waals surface area contributed by atoms with Gasteiger partial charge in [-0.3, -0.25) is 4.90 Å². The van der Waals surface area contributed by atoms with Crippen molar-refractivity contribution in [2.45, 2.75) is 37.1 Å². The number of H-pyrrole nitrogens is 1. The maximum Gasteiger partial charge on any atom is 0.278 e. The van der Waals surface area contributed by atoms with Crippen LogP contribution in [0.15, 0.2) is 138 Å². The normalized spacial score (nSPS) is 15.5. The van der Waals surface area contributed by atoms with Crippen LogP contribution in [-0.2, 0) is 15.5 Å². The summed E-state index contributed by atoms with van der Waals surface area (Å²) in [5.41, 5.74) is 8.34. The van der Waals surface area contributed by atoms with Crippen molar-refractivity contribution in [1.82, 2.24) is 4.57 Å². The molecule has 2 aromatic heterocycles. The van der Waals surface area contributed by atoms with E-state index in [9.17, 15) is 13.0 Å². The number of fused-ring (bicyclic) bond motifs is 2. The second kappa shape index (κ2) is 12.4. The van der Waals surface area contributed by atoms with Crippen molar-refractivity contribution in [3.8, 4) is 16.9 Å². The van der Waals surface area contributed by atoms with Crippen molar-refractivity contribution in [1.29, 1.82) is 0 Å². The van der Waals surface area contributed by atoms with E-state index in [-0.39, 0.29) is 16.4 Å². The van der Waals surface area contributed by atoms with Crippen LogP contribution in [0.2, 0.25) is 0 Å². The maximum atomic E-state index is 10.4. The number of likely N-dealkylation sites (N-methyl/N-ethyl adjacent to an activating group) is 1. The number of para-hydroxylation sites is 2. The fourth-order valence-corrected chi connectivity index (χ4v) is 6.91. The molecule has 1 unspecified atom stereocenters. The van der Waals surface area contributed by atoms with Crippen LogP contribution in [0.5, 0.6) is 0 Å². The molecule has 7 rings (SSSR count). The fourth-order valence-electron chi connectivity index (χ4n) is 6.44. The number of pyridine rings is 1. The number of nitrogens with one attached hydrogen (secondary N) is 1. The first-order valence-electron chi connectivity index (χ1n) is 15.3. The molecule has 232 valence electrons. The molecule has 0 bridgehead atoms. The molecule has 0 spiro atoms. The lowest BCUT2D eigenvalue weighted by Crippen LogP contribution is -2.38. The van der Waals surface area contributed by atoms with Crippen LogP contribution >= 0.6 is 0 Å². The van der Waals surface area contributed by atoms with Crippen molar-refractivity contribution in [3.63, 3.8) is 0 Å². The van der Waals surface area contributed by atoms with Gasteiger partial charge in [0.1, 0.15) is 16.2 Å². The van der Waals surface area contributed by atoms with Crippen molar-refractivity contribution >= 4 is 32.9 Å². The van der Waals surface area contributed by atoms with E-state index in [1.165, 1.54) is 56.9 Å². The number of aromatic nitrogens is 2. The summed E-state index contributed by atoms with van der Waals surface area (Å²) < 4.78 is 33.6. The zero-order valence-corrected chi connectivity index (χ0v) is 27.2. The van der Waals surface area contributed by atoms with Crippen LogP contribution in [0.4, 0.5) is 5.82 Å². The minimum absolute atomic E-state index is 0.0109. The molecule has 1 N–H and O–H groups in total. The minimum atomic E-state index is -4.27. The van der Waals surface area contributed by atoms with Crippen molar-refractivity contribution in [3.05, 3.63) is 150 Å². The number of aromatic amines is 1. The van der Waals surface area contributed by atoms with Gasteiger partial charge in [-0.25, -0.2) is 13.4 Å². The molecule has 6 nitrogen and oxygen atoms in total. The number of aryl methyl sites for hydroxylation is 1. The summed E-state index contributed by atoms with van der Waals surface area (Å²) in [6.07, 6.45) is 6.74. The van der Waals surface area contributed by atoms with Gasteiger partial charge in [0.25, 0.3) is 5.82 Å². The second-order valence-electron chi connectivity index (χ2n) is 12.2. The summed E-state index contributed by atoms with van der Waals surface area (Å²) in [4.78, 5) is 5.65. The van der Waals surface area contributed by atoms with Crippen LogP contribution in [0, 0.1) is 6.92 Å². The van der Waals surface area contributed by atoms with Gasteiger partial charge < -0.3 is 9.12 Å². The van der Waals surface area contributed by atoms with Gasteiger partial charge in [0.05, 0.1) is 34.9 Å². The summed E-state index contributed by atoms with van der Waals surface area (Å²) in [5, 5.41) is 1.26. The third kappa shape index (κ3) is 5.87. The minimum Gasteiger partial charge on any atom is -0.744 e. The molecule has 0 amide bonds. The predicted octanol–water partition coefficient (Wildman–Crippen LogP) is 7.82. The molecule has 7 heteroatoms. The van der Waals surface area contributed by atoms with Gasteiger partial charge in [-0.05, 0) is 61.0 Å². The first-order valence-corrected chi connectivity index (χ1v) is 16.7. The Morgan fingerprint density at radius 2 is 1.43 bits per heavy atom. The Morgan fingerprint density at radius 1 is 0.804 bits per heavy atom. The lowest BCUT2D eigenvalue weighted by molar-refractivity contribution is -0.363. The zero-order valence-electron chi connectivity index (χ0n) is 26.4. The van der Waals surface area contributed by atoms with E-state index in [0.29, 0.717) is 0 Å². The van der Waals surface area contributed by atoms with Gasteiger partial charge in [-0.15, -0.1) is 0 Å². The summed E-state index contributed by atoms with van der Waals surface area (Å²) in [6.45, 7) is 6.49. The Bertz CT molecular complexity index is 2120. The zero-order chi connectivity index (χ0) is 32.5. The maximum absolute atomic E-state index is 10.4. The van der Waals surface area contributed by atoms with Gasteiger partial charge in [0.15, 0.2) is 0 Å². The first kappa shape index (κ1) is 31.0. The molecule has 0 radical (unpaired) electrons. The number of nitrogens with zero attached hydrogens (tertiary/aromatic N) is 2. The Balaban J connectivity index is 0.000000288. The second-order valence-corrected chi connectivity index (χ2v) is 13.5. The Kier molecular flexibility index (Phi) is 8.38. The molecule has 1 atom stereocenters. The van der Waals surface area contributed by atoms with Crippen LogP contribution < -0.4 is 9.88 Å². The molecule has 1 aliphatic heterocycles. The van der Waals surface area contributed by atoms with E-state index in [4.69, 9.17) is 0 Å². The van der Waals surface area contributed by atoms with Crippen molar-refractivity contribution < 1.29 is 18.0 Å². The third-order valence-corrected chi connectivity index (χ3v) is 9.62. The molecular formula is C39H37N3O3S. The first-order chi connectivity index (χ1) is 22.1. The number of hydrogen-bond acceptors (Lipinski definition) is 4. The smallest absolute Gasteiger partial charge is 0.278 e.